The number of hydrogen-bond donors (Lipinski definition) is 2. The molecule has 1 heterocycles. The number of anilines is 1. The molecule has 206 valence electrons. The zero-order valence-electron chi connectivity index (χ0n) is 23.5. The Kier molecular flexibility index (Phi) is 7.29. The first-order valence-electron chi connectivity index (χ1n) is 14.1. The molecular weight excluding hydrogens is 478 g/mol. The normalized spacial score (nSPS) is 25.9. The summed E-state index contributed by atoms with van der Waals surface area (Å²) < 4.78 is 7.06. The summed E-state index contributed by atoms with van der Waals surface area (Å²) in [5, 5.41) is 11.3. The lowest BCUT2D eigenvalue weighted by molar-refractivity contribution is -0.117. The van der Waals surface area contributed by atoms with Crippen LogP contribution in [0.2, 0.25) is 0 Å². The lowest BCUT2D eigenvalue weighted by atomic mass is 9.53. The molecule has 4 fully saturated rings. The molecule has 1 aromatic heterocycles. The van der Waals surface area contributed by atoms with Crippen molar-refractivity contribution in [2.45, 2.75) is 77.2 Å². The zero-order valence-corrected chi connectivity index (χ0v) is 23.5. The minimum atomic E-state index is -0.254. The van der Waals surface area contributed by atoms with Crippen LogP contribution < -0.4 is 10.6 Å². The fourth-order valence-electron chi connectivity index (χ4n) is 7.17. The quantitative estimate of drug-likeness (QED) is 0.509. The van der Waals surface area contributed by atoms with Crippen molar-refractivity contribution in [2.75, 3.05) is 32.1 Å². The Morgan fingerprint density at radius 3 is 2.34 bits per heavy atom. The lowest BCUT2D eigenvalue weighted by Crippen LogP contribution is -2.62. The number of nitrogens with zero attached hydrogens (tertiary/aromatic N) is 3. The molecule has 38 heavy (non-hydrogen) atoms. The van der Waals surface area contributed by atoms with Crippen molar-refractivity contribution >= 4 is 17.8 Å². The van der Waals surface area contributed by atoms with Crippen molar-refractivity contribution < 1.29 is 14.3 Å². The third-order valence-corrected chi connectivity index (χ3v) is 8.59. The van der Waals surface area contributed by atoms with E-state index in [2.05, 4.69) is 31.4 Å². The minimum Gasteiger partial charge on any atom is -0.383 e. The van der Waals surface area contributed by atoms with Gasteiger partial charge in [0.15, 0.2) is 0 Å². The van der Waals surface area contributed by atoms with Gasteiger partial charge in [0, 0.05) is 30.7 Å². The first kappa shape index (κ1) is 26.7. The van der Waals surface area contributed by atoms with Gasteiger partial charge in [-0.05, 0) is 80.9 Å². The summed E-state index contributed by atoms with van der Waals surface area (Å²) in [7, 11) is 1.61. The average molecular weight is 522 g/mol. The number of methoxy groups -OCH3 is 1. The number of urea groups is 1. The molecule has 4 bridgehead atoms. The van der Waals surface area contributed by atoms with Crippen LogP contribution in [0.3, 0.4) is 0 Å². The molecule has 2 aromatic rings. The van der Waals surface area contributed by atoms with Gasteiger partial charge in [-0.2, -0.15) is 5.10 Å². The molecule has 4 aliphatic rings. The highest BCUT2D eigenvalue weighted by atomic mass is 16.5. The van der Waals surface area contributed by atoms with Gasteiger partial charge in [-0.15, -0.1) is 0 Å². The van der Waals surface area contributed by atoms with Gasteiger partial charge in [0.1, 0.15) is 12.4 Å². The molecule has 3 amide bonds. The van der Waals surface area contributed by atoms with Crippen LogP contribution in [-0.4, -0.2) is 59.0 Å². The third-order valence-electron chi connectivity index (χ3n) is 8.59. The third kappa shape index (κ3) is 5.75. The fraction of sp³-hybridized carbons (Fsp3) is 0.633. The van der Waals surface area contributed by atoms with Gasteiger partial charge >= 0.3 is 6.03 Å². The molecular formula is C30H43N5O3. The summed E-state index contributed by atoms with van der Waals surface area (Å²) in [4.78, 5) is 28.5. The van der Waals surface area contributed by atoms with E-state index >= 15 is 0 Å². The Bertz CT molecular complexity index is 1150. The first-order valence-corrected chi connectivity index (χ1v) is 14.1. The highest BCUT2D eigenvalue weighted by Gasteiger charge is 2.51. The van der Waals surface area contributed by atoms with Crippen molar-refractivity contribution in [2.24, 2.45) is 17.8 Å². The van der Waals surface area contributed by atoms with Gasteiger partial charge in [-0.3, -0.25) is 4.79 Å². The van der Waals surface area contributed by atoms with Crippen LogP contribution >= 0.6 is 0 Å². The monoisotopic (exact) mass is 521 g/mol. The first-order chi connectivity index (χ1) is 18.0. The summed E-state index contributed by atoms with van der Waals surface area (Å²) in [6, 6.07) is 9.80. The van der Waals surface area contributed by atoms with Crippen molar-refractivity contribution in [1.82, 2.24) is 20.0 Å². The van der Waals surface area contributed by atoms with E-state index in [-0.39, 0.29) is 29.4 Å². The molecule has 0 spiro atoms. The summed E-state index contributed by atoms with van der Waals surface area (Å²) in [5.74, 6) is 2.54. The Hall–Kier alpha value is -2.87. The van der Waals surface area contributed by atoms with E-state index in [0.29, 0.717) is 19.0 Å². The molecule has 0 atom stereocenters. The number of nitrogens with one attached hydrogen (secondary N) is 2. The van der Waals surface area contributed by atoms with Gasteiger partial charge < -0.3 is 20.3 Å². The van der Waals surface area contributed by atoms with Gasteiger partial charge in [-0.1, -0.05) is 32.9 Å². The predicted molar refractivity (Wildman–Crippen MR) is 149 cm³/mol. The molecule has 0 saturated heterocycles. The van der Waals surface area contributed by atoms with Crippen LogP contribution in [0.1, 0.15) is 70.6 Å². The van der Waals surface area contributed by atoms with Crippen LogP contribution in [-0.2, 0) is 14.9 Å². The Balaban J connectivity index is 1.32. The molecule has 8 heteroatoms. The van der Waals surface area contributed by atoms with Gasteiger partial charge in [0.25, 0.3) is 0 Å². The molecule has 0 aliphatic heterocycles. The predicted octanol–water partition coefficient (Wildman–Crippen LogP) is 5.04. The summed E-state index contributed by atoms with van der Waals surface area (Å²) >= 11 is 0. The number of aryl methyl sites for hydroxylation is 1. The van der Waals surface area contributed by atoms with Crippen LogP contribution in [0.4, 0.5) is 10.6 Å². The number of rotatable bonds is 8. The second-order valence-corrected chi connectivity index (χ2v) is 13.0. The topological polar surface area (TPSA) is 88.5 Å². The maximum Gasteiger partial charge on any atom is 0.318 e. The number of carbonyl (C=O) groups is 2. The summed E-state index contributed by atoms with van der Waals surface area (Å²) in [6.45, 7) is 9.01. The SMILES string of the molecule is COCCN(CC(=O)Nc1cc(C(C)(C)C)nn1-c1cccc(C)c1)C(=O)NC12CC3CC(CC(C3)C1)C2. The average Bonchev–Trinajstić information content (AvgIpc) is 3.25. The number of benzene rings is 1. The van der Waals surface area contributed by atoms with Crippen molar-refractivity contribution in [3.8, 4) is 5.69 Å². The largest absolute Gasteiger partial charge is 0.383 e. The molecule has 2 N–H and O–H groups in total. The Morgan fingerprint density at radius 1 is 1.11 bits per heavy atom. The van der Waals surface area contributed by atoms with Crippen LogP contribution in [0.15, 0.2) is 30.3 Å². The van der Waals surface area contributed by atoms with E-state index < -0.39 is 0 Å². The van der Waals surface area contributed by atoms with Crippen molar-refractivity contribution in [1.29, 1.82) is 0 Å². The second-order valence-electron chi connectivity index (χ2n) is 13.0. The molecule has 4 aliphatic carbocycles. The highest BCUT2D eigenvalue weighted by molar-refractivity contribution is 5.94. The standard InChI is InChI=1S/C30H43N5O3/c1-20-7-6-8-24(11-20)35-26(15-25(33-35)29(2,3)4)31-27(36)19-34(9-10-38-5)28(37)32-30-16-21-12-22(17-30)14-23(13-21)18-30/h6-8,11,15,21-23H,9-10,12-14,16-19H2,1-5H3,(H,31,36)(H,32,37). The molecule has 0 unspecified atom stereocenters. The lowest BCUT2D eigenvalue weighted by Gasteiger charge is -2.57. The minimum absolute atomic E-state index is 0.0502. The molecule has 8 nitrogen and oxygen atoms in total. The molecule has 0 radical (unpaired) electrons. The van der Waals surface area contributed by atoms with Crippen LogP contribution in [0.5, 0.6) is 0 Å². The zero-order chi connectivity index (χ0) is 27.1. The number of carbonyl (C=O) groups excluding carboxylic acids is 2. The molecule has 1 aromatic carbocycles. The van der Waals surface area contributed by atoms with Gasteiger partial charge in [0.2, 0.25) is 5.91 Å². The molecule has 4 saturated carbocycles. The maximum absolute atomic E-state index is 13.5. The number of hydrogen-bond acceptors (Lipinski definition) is 4. The fourth-order valence-corrected chi connectivity index (χ4v) is 7.17. The van der Waals surface area contributed by atoms with Gasteiger partial charge in [0.05, 0.1) is 18.0 Å². The highest BCUT2D eigenvalue weighted by Crippen LogP contribution is 2.55. The maximum atomic E-state index is 13.5. The summed E-state index contributed by atoms with van der Waals surface area (Å²) in [6.07, 6.45) is 7.16. The van der Waals surface area contributed by atoms with E-state index in [1.54, 1.807) is 16.7 Å². The Morgan fingerprint density at radius 2 is 1.76 bits per heavy atom. The van der Waals surface area contributed by atoms with Crippen LogP contribution in [0.25, 0.3) is 5.69 Å². The Labute approximate surface area is 226 Å². The smallest absolute Gasteiger partial charge is 0.318 e. The van der Waals surface area contributed by atoms with Gasteiger partial charge in [-0.25, -0.2) is 9.48 Å². The van der Waals surface area contributed by atoms with E-state index in [4.69, 9.17) is 9.84 Å². The number of aromatic nitrogens is 2. The summed E-state index contributed by atoms with van der Waals surface area (Å²) in [5.41, 5.74) is 2.58. The van der Waals surface area contributed by atoms with Crippen LogP contribution in [0, 0.1) is 24.7 Å². The van der Waals surface area contributed by atoms with E-state index in [1.165, 1.54) is 19.3 Å². The van der Waals surface area contributed by atoms with Crippen molar-refractivity contribution in [3.63, 3.8) is 0 Å². The van der Waals surface area contributed by atoms with E-state index in [9.17, 15) is 9.59 Å². The number of amides is 3. The van der Waals surface area contributed by atoms with E-state index in [1.807, 2.05) is 37.3 Å². The second kappa shape index (κ2) is 10.4. The number of ether oxygens (including phenoxy) is 1. The molecule has 6 rings (SSSR count). The van der Waals surface area contributed by atoms with E-state index in [0.717, 1.165) is 54.0 Å². The van der Waals surface area contributed by atoms with Crippen molar-refractivity contribution in [3.05, 3.63) is 41.6 Å².